The molecule has 4 heteroatoms. The number of hydrogen-bond donors (Lipinski definition) is 0. The molecule has 1 saturated carbocycles. The molecule has 0 N–H and O–H groups in total. The third-order valence-corrected chi connectivity index (χ3v) is 7.72. The van der Waals surface area contributed by atoms with Gasteiger partial charge < -0.3 is 31.2 Å². The van der Waals surface area contributed by atoms with Gasteiger partial charge in [0.1, 0.15) is 0 Å². The molecule has 2 aromatic carbocycles. The van der Waals surface area contributed by atoms with Gasteiger partial charge in [-0.3, -0.25) is 0 Å². The van der Waals surface area contributed by atoms with Crippen LogP contribution in [0.3, 0.4) is 0 Å². The molecule has 4 unspecified atom stereocenters. The van der Waals surface area contributed by atoms with E-state index in [2.05, 4.69) is 74.0 Å². The van der Waals surface area contributed by atoms with Crippen molar-refractivity contribution in [3.05, 3.63) is 67.1 Å². The van der Waals surface area contributed by atoms with Gasteiger partial charge in [-0.05, 0) is 12.1 Å². The van der Waals surface area contributed by atoms with Crippen molar-refractivity contribution in [3.63, 3.8) is 0 Å². The van der Waals surface area contributed by atoms with Gasteiger partial charge in [-0.2, -0.15) is 6.07 Å². The Morgan fingerprint density at radius 1 is 1.12 bits per heavy atom. The van der Waals surface area contributed by atoms with Crippen molar-refractivity contribution in [1.82, 2.24) is 0 Å². The van der Waals surface area contributed by atoms with Crippen molar-refractivity contribution in [2.24, 2.45) is 11.8 Å². The van der Waals surface area contributed by atoms with E-state index in [1.807, 2.05) is 0 Å². The molecule has 2 aliphatic carbocycles. The molecular formula is C20H21Cl2HfP. The number of fused-ring (bicyclic) bond motifs is 2. The van der Waals surface area contributed by atoms with Gasteiger partial charge in [0.15, 0.2) is 0 Å². The zero-order valence-electron chi connectivity index (χ0n) is 13.7. The van der Waals surface area contributed by atoms with Gasteiger partial charge in [0.2, 0.25) is 0 Å². The van der Waals surface area contributed by atoms with Gasteiger partial charge >= 0.3 is 25.8 Å². The third-order valence-electron chi connectivity index (χ3n) is 4.93. The first kappa shape index (κ1) is 22.2. The van der Waals surface area contributed by atoms with Crippen LogP contribution in [0, 0.1) is 18.3 Å². The van der Waals surface area contributed by atoms with Crippen LogP contribution < -0.4 is 30.1 Å². The zero-order chi connectivity index (χ0) is 14.2. The average Bonchev–Trinajstić information content (AvgIpc) is 3.11. The average molecular weight is 542 g/mol. The SMILES string of the molecule is CCP(c1cc2ccccc2[cH-]1)C1[CH-]C2C=CC=CC2C1.[Cl-].[Cl-].[Hf+4]. The Balaban J connectivity index is 0.000000960. The van der Waals surface area contributed by atoms with Crippen LogP contribution >= 0.6 is 7.92 Å². The molecule has 124 valence electrons. The maximum atomic E-state index is 2.64. The monoisotopic (exact) mass is 542 g/mol. The quantitative estimate of drug-likeness (QED) is 0.267. The number of hydrogen-bond acceptors (Lipinski definition) is 0. The first-order chi connectivity index (χ1) is 10.3. The predicted molar refractivity (Wildman–Crippen MR) is 94.6 cm³/mol. The smallest absolute Gasteiger partial charge is 1.00 e. The normalized spacial score (nSPS) is 25.3. The van der Waals surface area contributed by atoms with Crippen LogP contribution in [0.25, 0.3) is 10.8 Å². The van der Waals surface area contributed by atoms with E-state index in [0.717, 1.165) is 11.6 Å². The molecule has 0 nitrogen and oxygen atoms in total. The molecule has 0 aromatic heterocycles. The molecule has 0 saturated heterocycles. The third kappa shape index (κ3) is 4.29. The minimum atomic E-state index is -0.0617. The zero-order valence-corrected chi connectivity index (χ0v) is 19.7. The molecule has 2 aliphatic rings. The summed E-state index contributed by atoms with van der Waals surface area (Å²) >= 11 is 0. The summed E-state index contributed by atoms with van der Waals surface area (Å²) < 4.78 is 0. The molecule has 24 heavy (non-hydrogen) atoms. The summed E-state index contributed by atoms with van der Waals surface area (Å²) in [5.41, 5.74) is 0.782. The molecule has 0 aliphatic heterocycles. The summed E-state index contributed by atoms with van der Waals surface area (Å²) in [4.78, 5) is 0. The number of halogens is 2. The van der Waals surface area contributed by atoms with E-state index < -0.39 is 0 Å². The predicted octanol–water partition coefficient (Wildman–Crippen LogP) is -0.974. The van der Waals surface area contributed by atoms with Crippen LogP contribution in [0.5, 0.6) is 0 Å². The molecule has 1 fully saturated rings. The van der Waals surface area contributed by atoms with Crippen LogP contribution in [0.4, 0.5) is 0 Å². The molecule has 4 atom stereocenters. The van der Waals surface area contributed by atoms with E-state index in [1.165, 1.54) is 23.4 Å². The van der Waals surface area contributed by atoms with Crippen molar-refractivity contribution in [1.29, 1.82) is 0 Å². The van der Waals surface area contributed by atoms with E-state index in [-0.39, 0.29) is 58.6 Å². The molecular weight excluding hydrogens is 521 g/mol. The fourth-order valence-electron chi connectivity index (χ4n) is 3.87. The molecule has 0 bridgehead atoms. The first-order valence-corrected chi connectivity index (χ1v) is 9.57. The second-order valence-electron chi connectivity index (χ2n) is 6.13. The molecule has 0 heterocycles. The summed E-state index contributed by atoms with van der Waals surface area (Å²) in [6.45, 7) is 2.37. The van der Waals surface area contributed by atoms with E-state index in [0.29, 0.717) is 5.92 Å². The van der Waals surface area contributed by atoms with Crippen LogP contribution in [0.15, 0.2) is 60.7 Å². The van der Waals surface area contributed by atoms with E-state index in [4.69, 9.17) is 0 Å². The number of allylic oxidation sites excluding steroid dienone is 4. The summed E-state index contributed by atoms with van der Waals surface area (Å²) in [6, 6.07) is 13.6. The maximum absolute atomic E-state index is 2.64. The molecule has 0 spiro atoms. The van der Waals surface area contributed by atoms with Crippen molar-refractivity contribution >= 4 is 24.0 Å². The summed E-state index contributed by atoms with van der Waals surface area (Å²) in [7, 11) is -0.0617. The second-order valence-corrected chi connectivity index (χ2v) is 8.89. The Kier molecular flexibility index (Phi) is 9.05. The second kappa shape index (κ2) is 9.77. The Morgan fingerprint density at radius 3 is 2.58 bits per heavy atom. The van der Waals surface area contributed by atoms with E-state index in [9.17, 15) is 0 Å². The van der Waals surface area contributed by atoms with Gasteiger partial charge in [-0.15, -0.1) is 65.9 Å². The van der Waals surface area contributed by atoms with Gasteiger partial charge in [-0.1, -0.05) is 37.6 Å². The van der Waals surface area contributed by atoms with Crippen molar-refractivity contribution in [2.45, 2.75) is 19.0 Å². The molecule has 4 rings (SSSR count). The fourth-order valence-corrected chi connectivity index (χ4v) is 6.60. The Hall–Kier alpha value is 0.190. The van der Waals surface area contributed by atoms with E-state index in [1.54, 1.807) is 5.30 Å². The topological polar surface area (TPSA) is 0 Å². The largest absolute Gasteiger partial charge is 4.00 e. The van der Waals surface area contributed by atoms with Crippen LogP contribution in [-0.4, -0.2) is 11.8 Å². The van der Waals surface area contributed by atoms with Crippen LogP contribution in [0.1, 0.15) is 13.3 Å². The van der Waals surface area contributed by atoms with Crippen molar-refractivity contribution in [2.75, 3.05) is 6.16 Å². The number of benzene rings is 1. The van der Waals surface area contributed by atoms with Crippen LogP contribution in [0.2, 0.25) is 0 Å². The van der Waals surface area contributed by atoms with Gasteiger partial charge in [0.25, 0.3) is 0 Å². The number of rotatable bonds is 3. The first-order valence-electron chi connectivity index (χ1n) is 7.97. The maximum Gasteiger partial charge on any atom is 4.00 e. The molecule has 2 aromatic rings. The summed E-state index contributed by atoms with van der Waals surface area (Å²) in [5, 5.41) is 4.41. The molecule has 0 amide bonds. The van der Waals surface area contributed by atoms with Gasteiger partial charge in [0.05, 0.1) is 0 Å². The summed E-state index contributed by atoms with van der Waals surface area (Å²) in [5.74, 6) is 1.43. The van der Waals surface area contributed by atoms with Crippen LogP contribution in [-0.2, 0) is 25.8 Å². The van der Waals surface area contributed by atoms with Crippen molar-refractivity contribution in [3.8, 4) is 0 Å². The Morgan fingerprint density at radius 2 is 1.88 bits per heavy atom. The fraction of sp³-hybridized carbons (Fsp3) is 0.300. The Labute approximate surface area is 177 Å². The van der Waals surface area contributed by atoms with E-state index >= 15 is 0 Å². The minimum absolute atomic E-state index is 0. The van der Waals surface area contributed by atoms with Gasteiger partial charge in [0, 0.05) is 0 Å². The Bertz CT molecular complexity index is 653. The van der Waals surface area contributed by atoms with Crippen molar-refractivity contribution < 1.29 is 50.7 Å². The molecule has 0 radical (unpaired) electrons. The standard InChI is InChI=1S/C20H21P.2ClH.Hf/c1-2-21(19-11-15-7-3-4-8-16(15)12-19)20-13-17-9-5-6-10-18(17)14-20;;;/h3-13,17-18,20H,2,14H2,1H3;2*1H;/q-2;;;+4/p-2. The minimum Gasteiger partial charge on any atom is -1.00 e. The van der Waals surface area contributed by atoms with Gasteiger partial charge in [-0.25, -0.2) is 0 Å². The summed E-state index contributed by atoms with van der Waals surface area (Å²) in [6.07, 6.45) is 14.5.